The van der Waals surface area contributed by atoms with E-state index in [2.05, 4.69) is 16.8 Å². The number of amides is 1. The monoisotopic (exact) mass is 315 g/mol. The fraction of sp³-hybridized carbons (Fsp3) is 0.444. The first-order valence-electron chi connectivity index (χ1n) is 7.89. The summed E-state index contributed by atoms with van der Waals surface area (Å²) >= 11 is 0. The molecule has 2 unspecified atom stereocenters. The molecule has 1 aliphatic rings. The van der Waals surface area contributed by atoms with Crippen molar-refractivity contribution in [3.05, 3.63) is 41.3 Å². The van der Waals surface area contributed by atoms with Crippen LogP contribution in [0.15, 0.2) is 24.3 Å². The molecule has 0 spiro atoms. The van der Waals surface area contributed by atoms with Gasteiger partial charge in [0, 0.05) is 36.3 Å². The minimum absolute atomic E-state index is 0.00306. The van der Waals surface area contributed by atoms with Crippen molar-refractivity contribution in [2.75, 3.05) is 27.2 Å². The SMILES string of the molecule is Cc1cc(C(=O)N2CC(C)C(N(C)C)C2)c2ccc(F)cc2n1. The van der Waals surface area contributed by atoms with E-state index in [0.717, 1.165) is 18.8 Å². The summed E-state index contributed by atoms with van der Waals surface area (Å²) in [6.07, 6.45) is 0. The number of aryl methyl sites for hydroxylation is 1. The van der Waals surface area contributed by atoms with Crippen molar-refractivity contribution < 1.29 is 9.18 Å². The highest BCUT2D eigenvalue weighted by Gasteiger charge is 2.34. The van der Waals surface area contributed by atoms with Gasteiger partial charge in [-0.1, -0.05) is 6.92 Å². The quantitative estimate of drug-likeness (QED) is 0.855. The van der Waals surface area contributed by atoms with Gasteiger partial charge in [0.05, 0.1) is 11.1 Å². The van der Waals surface area contributed by atoms with Gasteiger partial charge >= 0.3 is 0 Å². The average Bonchev–Trinajstić information content (AvgIpc) is 2.87. The fourth-order valence-electron chi connectivity index (χ4n) is 3.47. The first-order valence-corrected chi connectivity index (χ1v) is 7.89. The Balaban J connectivity index is 1.99. The van der Waals surface area contributed by atoms with E-state index in [1.807, 2.05) is 25.9 Å². The summed E-state index contributed by atoms with van der Waals surface area (Å²) in [6, 6.07) is 6.58. The van der Waals surface area contributed by atoms with Crippen LogP contribution in [0.3, 0.4) is 0 Å². The zero-order valence-electron chi connectivity index (χ0n) is 14.0. The van der Waals surface area contributed by atoms with Crippen molar-refractivity contribution in [1.29, 1.82) is 0 Å². The Morgan fingerprint density at radius 2 is 2.04 bits per heavy atom. The molecule has 122 valence electrons. The second-order valence-electron chi connectivity index (χ2n) is 6.69. The van der Waals surface area contributed by atoms with Gasteiger partial charge in [-0.15, -0.1) is 0 Å². The number of hydrogen-bond acceptors (Lipinski definition) is 3. The molecule has 1 aliphatic heterocycles. The maximum absolute atomic E-state index is 13.5. The largest absolute Gasteiger partial charge is 0.337 e. The van der Waals surface area contributed by atoms with Gasteiger partial charge in [0.1, 0.15) is 5.82 Å². The number of benzene rings is 1. The molecule has 0 radical (unpaired) electrons. The number of nitrogens with zero attached hydrogens (tertiary/aromatic N) is 3. The summed E-state index contributed by atoms with van der Waals surface area (Å²) in [4.78, 5) is 21.4. The van der Waals surface area contributed by atoms with Crippen LogP contribution in [0.4, 0.5) is 4.39 Å². The van der Waals surface area contributed by atoms with E-state index in [-0.39, 0.29) is 11.7 Å². The topological polar surface area (TPSA) is 36.4 Å². The standard InChI is InChI=1S/C18H22FN3O/c1-11-9-22(10-17(11)21(3)4)18(23)15-7-12(2)20-16-8-13(19)5-6-14(15)16/h5-8,11,17H,9-10H2,1-4H3. The normalized spacial score (nSPS) is 21.4. The molecule has 1 fully saturated rings. The second kappa shape index (κ2) is 5.89. The van der Waals surface area contributed by atoms with Crippen LogP contribution in [0.1, 0.15) is 23.0 Å². The van der Waals surface area contributed by atoms with Gasteiger partial charge in [0.15, 0.2) is 0 Å². The smallest absolute Gasteiger partial charge is 0.254 e. The Hall–Kier alpha value is -2.01. The van der Waals surface area contributed by atoms with Crippen LogP contribution in [0.25, 0.3) is 10.9 Å². The summed E-state index contributed by atoms with van der Waals surface area (Å²) in [5.41, 5.74) is 1.87. The number of halogens is 1. The first kappa shape index (κ1) is 15.9. The molecule has 2 aromatic rings. The predicted octanol–water partition coefficient (Wildman–Crippen LogP) is 2.70. The first-order chi connectivity index (χ1) is 10.9. The van der Waals surface area contributed by atoms with Gasteiger partial charge in [-0.3, -0.25) is 9.78 Å². The summed E-state index contributed by atoms with van der Waals surface area (Å²) in [5.74, 6) is 0.0976. The minimum Gasteiger partial charge on any atom is -0.337 e. The van der Waals surface area contributed by atoms with Crippen molar-refractivity contribution in [1.82, 2.24) is 14.8 Å². The van der Waals surface area contributed by atoms with Crippen LogP contribution >= 0.6 is 0 Å². The lowest BCUT2D eigenvalue weighted by Crippen LogP contribution is -2.35. The van der Waals surface area contributed by atoms with Crippen LogP contribution in [-0.4, -0.2) is 53.9 Å². The van der Waals surface area contributed by atoms with Gasteiger partial charge in [0.2, 0.25) is 0 Å². The molecule has 0 saturated carbocycles. The molecular weight excluding hydrogens is 293 g/mol. The molecule has 1 saturated heterocycles. The highest BCUT2D eigenvalue weighted by molar-refractivity contribution is 6.06. The van der Waals surface area contributed by atoms with E-state index >= 15 is 0 Å². The highest BCUT2D eigenvalue weighted by Crippen LogP contribution is 2.25. The van der Waals surface area contributed by atoms with E-state index in [4.69, 9.17) is 0 Å². The zero-order valence-corrected chi connectivity index (χ0v) is 14.0. The number of likely N-dealkylation sites (N-methyl/N-ethyl adjacent to an activating group) is 1. The Morgan fingerprint density at radius 3 is 2.70 bits per heavy atom. The van der Waals surface area contributed by atoms with Crippen molar-refractivity contribution in [3.8, 4) is 0 Å². The van der Waals surface area contributed by atoms with E-state index in [1.165, 1.54) is 12.1 Å². The van der Waals surface area contributed by atoms with E-state index in [0.29, 0.717) is 28.4 Å². The van der Waals surface area contributed by atoms with Crippen molar-refractivity contribution >= 4 is 16.8 Å². The van der Waals surface area contributed by atoms with E-state index < -0.39 is 0 Å². The summed E-state index contributed by atoms with van der Waals surface area (Å²) in [7, 11) is 4.09. The lowest BCUT2D eigenvalue weighted by atomic mass is 10.1. The van der Waals surface area contributed by atoms with Crippen LogP contribution in [0, 0.1) is 18.7 Å². The lowest BCUT2D eigenvalue weighted by molar-refractivity contribution is 0.0783. The van der Waals surface area contributed by atoms with E-state index in [1.54, 1.807) is 12.1 Å². The fourth-order valence-corrected chi connectivity index (χ4v) is 3.47. The van der Waals surface area contributed by atoms with Gasteiger partial charge in [-0.2, -0.15) is 0 Å². The molecule has 1 aromatic heterocycles. The van der Waals surface area contributed by atoms with Crippen molar-refractivity contribution in [3.63, 3.8) is 0 Å². The maximum Gasteiger partial charge on any atom is 0.254 e. The molecule has 0 aliphatic carbocycles. The molecule has 2 atom stereocenters. The number of carbonyl (C=O) groups excluding carboxylic acids is 1. The Bertz CT molecular complexity index is 754. The number of rotatable bonds is 2. The third-order valence-electron chi connectivity index (χ3n) is 4.65. The molecule has 0 bridgehead atoms. The molecule has 4 nitrogen and oxygen atoms in total. The zero-order chi connectivity index (χ0) is 16.7. The lowest BCUT2D eigenvalue weighted by Gasteiger charge is -2.22. The molecule has 2 heterocycles. The molecule has 5 heteroatoms. The predicted molar refractivity (Wildman–Crippen MR) is 89.0 cm³/mol. The van der Waals surface area contributed by atoms with Crippen LogP contribution in [-0.2, 0) is 0 Å². The van der Waals surface area contributed by atoms with Crippen LogP contribution in [0.2, 0.25) is 0 Å². The van der Waals surface area contributed by atoms with Crippen molar-refractivity contribution in [2.45, 2.75) is 19.9 Å². The summed E-state index contributed by atoms with van der Waals surface area (Å²) in [6.45, 7) is 5.46. The number of carbonyl (C=O) groups is 1. The summed E-state index contributed by atoms with van der Waals surface area (Å²) in [5, 5.41) is 0.711. The van der Waals surface area contributed by atoms with Gasteiger partial charge in [-0.05, 0) is 45.1 Å². The minimum atomic E-state index is -0.337. The summed E-state index contributed by atoms with van der Waals surface area (Å²) < 4.78 is 13.5. The highest BCUT2D eigenvalue weighted by atomic mass is 19.1. The second-order valence-corrected chi connectivity index (χ2v) is 6.69. The van der Waals surface area contributed by atoms with Gasteiger partial charge in [-0.25, -0.2) is 4.39 Å². The maximum atomic E-state index is 13.5. The molecule has 3 rings (SSSR count). The number of hydrogen-bond donors (Lipinski definition) is 0. The molecule has 1 amide bonds. The van der Waals surface area contributed by atoms with E-state index in [9.17, 15) is 9.18 Å². The van der Waals surface area contributed by atoms with Crippen molar-refractivity contribution in [2.24, 2.45) is 5.92 Å². The third-order valence-corrected chi connectivity index (χ3v) is 4.65. The Labute approximate surface area is 135 Å². The molecular formula is C18H22FN3O. The van der Waals surface area contributed by atoms with Gasteiger partial charge in [0.25, 0.3) is 5.91 Å². The number of fused-ring (bicyclic) bond motifs is 1. The van der Waals surface area contributed by atoms with Crippen LogP contribution < -0.4 is 0 Å². The number of aromatic nitrogens is 1. The van der Waals surface area contributed by atoms with Crippen LogP contribution in [0.5, 0.6) is 0 Å². The number of pyridine rings is 1. The molecule has 1 aromatic carbocycles. The Kier molecular flexibility index (Phi) is 4.06. The molecule has 23 heavy (non-hydrogen) atoms. The Morgan fingerprint density at radius 1 is 1.30 bits per heavy atom. The average molecular weight is 315 g/mol. The van der Waals surface area contributed by atoms with Gasteiger partial charge < -0.3 is 9.80 Å². The third kappa shape index (κ3) is 2.93. The number of likely N-dealkylation sites (tertiary alicyclic amines) is 1. The molecule has 0 N–H and O–H groups in total.